The summed E-state index contributed by atoms with van der Waals surface area (Å²) in [5.41, 5.74) is 3.05. The Hall–Kier alpha value is -0.950. The van der Waals surface area contributed by atoms with Crippen molar-refractivity contribution in [1.29, 1.82) is 0 Å². The van der Waals surface area contributed by atoms with Gasteiger partial charge in [0, 0.05) is 0 Å². The third-order valence-electron chi connectivity index (χ3n) is 3.35. The van der Waals surface area contributed by atoms with Crippen LogP contribution in [0.15, 0.2) is 72.9 Å². The molecule has 0 saturated heterocycles. The summed E-state index contributed by atoms with van der Waals surface area (Å²) in [5.74, 6) is 0. The van der Waals surface area contributed by atoms with Gasteiger partial charge in [-0.15, -0.1) is 0 Å². The predicted octanol–water partition coefficient (Wildman–Crippen LogP) is 4.59. The molecule has 0 fully saturated rings. The summed E-state index contributed by atoms with van der Waals surface area (Å²) in [6.45, 7) is 0. The fourth-order valence-corrected chi connectivity index (χ4v) is 7.21. The van der Waals surface area contributed by atoms with Crippen molar-refractivity contribution < 1.29 is 25.8 Å². The molecule has 3 rings (SSSR count). The van der Waals surface area contributed by atoms with Gasteiger partial charge in [-0.1, -0.05) is 0 Å². The molecular formula is C17H18Hf-2. The van der Waals surface area contributed by atoms with E-state index in [0.717, 1.165) is 6.42 Å². The van der Waals surface area contributed by atoms with Crippen molar-refractivity contribution in [3.8, 4) is 0 Å². The summed E-state index contributed by atoms with van der Waals surface area (Å²) in [6, 6.07) is 10.8. The van der Waals surface area contributed by atoms with Crippen molar-refractivity contribution in [2.24, 2.45) is 0 Å². The number of hydrogen-bond donors (Lipinski definition) is 0. The molecule has 92 valence electrons. The van der Waals surface area contributed by atoms with Gasteiger partial charge in [0.25, 0.3) is 0 Å². The Morgan fingerprint density at radius 2 is 1.94 bits per heavy atom. The Bertz CT molecular complexity index is 554. The van der Waals surface area contributed by atoms with E-state index < -0.39 is 22.9 Å². The first-order valence-corrected chi connectivity index (χ1v) is 10.1. The maximum atomic E-state index is 2.36. The number of allylic oxidation sites excluding steroid dienone is 8. The second-order valence-corrected chi connectivity index (χ2v) is 10.1. The minimum atomic E-state index is -0.719. The van der Waals surface area contributed by atoms with Crippen molar-refractivity contribution >= 4 is 0 Å². The molecule has 0 aromatic heterocycles. The zero-order valence-corrected chi connectivity index (χ0v) is 14.0. The first-order valence-electron chi connectivity index (χ1n) is 6.47. The van der Waals surface area contributed by atoms with Gasteiger partial charge >= 0.3 is 121 Å². The Kier molecular flexibility index (Phi) is 3.90. The summed E-state index contributed by atoms with van der Waals surface area (Å²) in [7, 11) is 0. The normalized spacial score (nSPS) is 17.4. The van der Waals surface area contributed by atoms with E-state index in [1.807, 2.05) is 0 Å². The van der Waals surface area contributed by atoms with Crippen LogP contribution in [0.1, 0.15) is 21.3 Å². The van der Waals surface area contributed by atoms with E-state index in [2.05, 4.69) is 60.7 Å². The van der Waals surface area contributed by atoms with Gasteiger partial charge in [0.2, 0.25) is 0 Å². The van der Waals surface area contributed by atoms with Gasteiger partial charge in [0.05, 0.1) is 0 Å². The second-order valence-electron chi connectivity index (χ2n) is 4.72. The molecule has 0 bridgehead atoms. The first kappa shape index (κ1) is 12.1. The van der Waals surface area contributed by atoms with Gasteiger partial charge in [-0.3, -0.25) is 0 Å². The van der Waals surface area contributed by atoms with Crippen LogP contribution in [0.4, 0.5) is 0 Å². The van der Waals surface area contributed by atoms with Gasteiger partial charge in [-0.05, 0) is 0 Å². The Labute approximate surface area is 123 Å². The van der Waals surface area contributed by atoms with Crippen LogP contribution in [-0.4, -0.2) is 0 Å². The van der Waals surface area contributed by atoms with E-state index >= 15 is 0 Å². The van der Waals surface area contributed by atoms with Crippen molar-refractivity contribution in [3.63, 3.8) is 0 Å². The molecule has 0 heterocycles. The van der Waals surface area contributed by atoms with Crippen molar-refractivity contribution in [2.45, 2.75) is 19.3 Å². The average molecular weight is 401 g/mol. The molecule has 0 saturated carbocycles. The Morgan fingerprint density at radius 3 is 2.72 bits per heavy atom. The average Bonchev–Trinajstić information content (AvgIpc) is 3.04. The van der Waals surface area contributed by atoms with E-state index in [-0.39, 0.29) is 2.85 Å². The molecule has 0 radical (unpaired) electrons. The van der Waals surface area contributed by atoms with Crippen LogP contribution in [-0.2, 0) is 29.3 Å². The SMILES string of the molecule is C1=CC[C]([Hf][C]2=C(Cc3ccccc3)C=CC2)=C1.[H-].[H-]. The van der Waals surface area contributed by atoms with Crippen LogP contribution in [0.5, 0.6) is 0 Å². The smallest absolute Gasteiger partial charge is 1.00 e. The quantitative estimate of drug-likeness (QED) is 0.648. The molecule has 0 nitrogen and oxygen atoms in total. The third kappa shape index (κ3) is 2.89. The molecule has 1 heteroatoms. The predicted molar refractivity (Wildman–Crippen MR) is 75.0 cm³/mol. The van der Waals surface area contributed by atoms with Crippen LogP contribution < -0.4 is 0 Å². The van der Waals surface area contributed by atoms with Crippen molar-refractivity contribution in [3.05, 3.63) is 78.5 Å². The largest absolute Gasteiger partial charge is 1.00 e. The third-order valence-corrected chi connectivity index (χ3v) is 8.81. The summed E-state index contributed by atoms with van der Waals surface area (Å²) < 4.78 is 3.55. The van der Waals surface area contributed by atoms with E-state index in [4.69, 9.17) is 0 Å². The summed E-state index contributed by atoms with van der Waals surface area (Å²) in [5, 5.41) is 0. The summed E-state index contributed by atoms with van der Waals surface area (Å²) in [4.78, 5) is 0. The maximum Gasteiger partial charge on any atom is -1.00 e. The van der Waals surface area contributed by atoms with Crippen LogP contribution in [0.3, 0.4) is 0 Å². The Balaban J connectivity index is 0.000001000. The standard InChI is InChI=1S/C12H11.C5H5.Hf.2H/c1-2-6-11(7-3-1)10-12-8-4-5-9-12;1-2-4-5-3-1;;;/h1-4,6-8H,5,10H2;1-3H,4H2;;;/q;;;2*-1. The zero-order valence-electron chi connectivity index (χ0n) is 12.4. The van der Waals surface area contributed by atoms with Gasteiger partial charge in [-0.25, -0.2) is 0 Å². The monoisotopic (exact) mass is 402 g/mol. The van der Waals surface area contributed by atoms with E-state index in [1.54, 1.807) is 12.2 Å². The molecule has 0 unspecified atom stereocenters. The molecule has 1 aromatic rings. The van der Waals surface area contributed by atoms with Gasteiger partial charge in [0.15, 0.2) is 0 Å². The van der Waals surface area contributed by atoms with Crippen LogP contribution in [0.2, 0.25) is 0 Å². The number of benzene rings is 1. The second kappa shape index (κ2) is 5.79. The topological polar surface area (TPSA) is 0 Å². The summed E-state index contributed by atoms with van der Waals surface area (Å²) >= 11 is -0.719. The Morgan fingerprint density at radius 1 is 1.06 bits per heavy atom. The number of rotatable bonds is 4. The van der Waals surface area contributed by atoms with Crippen LogP contribution in [0, 0.1) is 0 Å². The van der Waals surface area contributed by atoms with E-state index in [0.29, 0.717) is 0 Å². The molecule has 0 amide bonds. The fourth-order valence-electron chi connectivity index (χ4n) is 2.40. The minimum absolute atomic E-state index is 0. The first-order chi connectivity index (χ1) is 8.92. The van der Waals surface area contributed by atoms with Crippen molar-refractivity contribution in [1.82, 2.24) is 0 Å². The molecule has 0 atom stereocenters. The van der Waals surface area contributed by atoms with E-state index in [1.165, 1.54) is 18.4 Å². The minimum Gasteiger partial charge on any atom is -1.00 e. The van der Waals surface area contributed by atoms with Crippen LogP contribution in [0.25, 0.3) is 0 Å². The summed E-state index contributed by atoms with van der Waals surface area (Å²) in [6.07, 6.45) is 15.2. The number of hydrogen-bond acceptors (Lipinski definition) is 0. The van der Waals surface area contributed by atoms with E-state index in [9.17, 15) is 0 Å². The maximum absolute atomic E-state index is 2.36. The molecule has 2 aliphatic carbocycles. The molecular weight excluding hydrogens is 383 g/mol. The molecule has 0 N–H and O–H groups in total. The molecule has 18 heavy (non-hydrogen) atoms. The molecule has 0 aliphatic heterocycles. The van der Waals surface area contributed by atoms with Gasteiger partial charge < -0.3 is 2.85 Å². The molecule has 1 aromatic carbocycles. The fraction of sp³-hybridized carbons (Fsp3) is 0.176. The zero-order chi connectivity index (χ0) is 12.2. The van der Waals surface area contributed by atoms with Crippen LogP contribution >= 0.6 is 0 Å². The molecule has 0 spiro atoms. The van der Waals surface area contributed by atoms with Gasteiger partial charge in [-0.2, -0.15) is 0 Å². The van der Waals surface area contributed by atoms with Gasteiger partial charge in [0.1, 0.15) is 0 Å². The van der Waals surface area contributed by atoms with Crippen molar-refractivity contribution in [2.75, 3.05) is 0 Å². The molecule has 2 aliphatic rings.